The zero-order valence-corrected chi connectivity index (χ0v) is 11.7. The maximum atomic E-state index is 12.0. The van der Waals surface area contributed by atoms with Crippen LogP contribution in [0.1, 0.15) is 50.2 Å². The Kier molecular flexibility index (Phi) is 4.52. The van der Waals surface area contributed by atoms with Crippen LogP contribution in [0.2, 0.25) is 0 Å². The summed E-state index contributed by atoms with van der Waals surface area (Å²) in [6.45, 7) is 2.45. The quantitative estimate of drug-likeness (QED) is 0.838. The first kappa shape index (κ1) is 14.0. The van der Waals surface area contributed by atoms with Crippen LogP contribution in [0.3, 0.4) is 0 Å². The Balaban J connectivity index is 2.13. The van der Waals surface area contributed by atoms with Crippen LogP contribution < -0.4 is 10.6 Å². The van der Waals surface area contributed by atoms with Crippen LogP contribution in [-0.2, 0) is 10.3 Å². The van der Waals surface area contributed by atoms with E-state index in [4.69, 9.17) is 4.52 Å². The molecule has 6 heteroatoms. The van der Waals surface area contributed by atoms with Crippen molar-refractivity contribution in [3.63, 3.8) is 0 Å². The fourth-order valence-corrected chi connectivity index (χ4v) is 2.62. The van der Waals surface area contributed by atoms with Gasteiger partial charge in [-0.1, -0.05) is 24.4 Å². The molecule has 0 radical (unpaired) electrons. The molecule has 1 aliphatic rings. The second kappa shape index (κ2) is 6.14. The minimum Gasteiger partial charge on any atom is -0.343 e. The summed E-state index contributed by atoms with van der Waals surface area (Å²) in [5.41, 5.74) is -0.430. The number of aryl methyl sites for hydroxylation is 1. The molecule has 1 aliphatic carbocycles. The van der Waals surface area contributed by atoms with Gasteiger partial charge in [-0.3, -0.25) is 4.79 Å². The lowest BCUT2D eigenvalue weighted by Gasteiger charge is -2.35. The Morgan fingerprint density at radius 3 is 2.68 bits per heavy atom. The molecule has 6 nitrogen and oxygen atoms in total. The van der Waals surface area contributed by atoms with Crippen molar-refractivity contribution >= 4 is 5.91 Å². The Labute approximate surface area is 113 Å². The molecule has 1 fully saturated rings. The normalized spacial score (nSPS) is 18.2. The van der Waals surface area contributed by atoms with E-state index < -0.39 is 5.54 Å². The highest BCUT2D eigenvalue weighted by Crippen LogP contribution is 2.35. The first-order valence-electron chi connectivity index (χ1n) is 6.93. The van der Waals surface area contributed by atoms with Crippen molar-refractivity contribution in [2.75, 3.05) is 13.6 Å². The second-order valence-electron chi connectivity index (χ2n) is 5.18. The molecule has 1 aromatic heterocycles. The van der Waals surface area contributed by atoms with Crippen LogP contribution in [0.5, 0.6) is 0 Å². The predicted molar refractivity (Wildman–Crippen MR) is 70.5 cm³/mol. The third-order valence-electron chi connectivity index (χ3n) is 3.64. The summed E-state index contributed by atoms with van der Waals surface area (Å²) >= 11 is 0. The molecule has 1 amide bonds. The average Bonchev–Trinajstić information content (AvgIpc) is 2.85. The van der Waals surface area contributed by atoms with Gasteiger partial charge in [0.1, 0.15) is 5.54 Å². The number of nitrogens with zero attached hydrogens (tertiary/aromatic N) is 2. The molecule has 0 bridgehead atoms. The van der Waals surface area contributed by atoms with E-state index in [0.29, 0.717) is 24.7 Å². The Hall–Kier alpha value is -1.43. The van der Waals surface area contributed by atoms with Crippen LogP contribution in [0.4, 0.5) is 0 Å². The molecule has 0 aromatic carbocycles. The van der Waals surface area contributed by atoms with E-state index in [1.165, 1.54) is 6.42 Å². The second-order valence-corrected chi connectivity index (χ2v) is 5.18. The van der Waals surface area contributed by atoms with Crippen LogP contribution in [0.25, 0.3) is 0 Å². The molecule has 19 heavy (non-hydrogen) atoms. The van der Waals surface area contributed by atoms with E-state index in [2.05, 4.69) is 20.8 Å². The number of carbonyl (C=O) groups excluding carboxylic acids is 1. The SMILES string of the molecule is CNCCC(=O)NC1(c2noc(C)n2)CCCCC1. The highest BCUT2D eigenvalue weighted by Gasteiger charge is 2.39. The lowest BCUT2D eigenvalue weighted by molar-refractivity contribution is -0.123. The topological polar surface area (TPSA) is 80.0 Å². The number of rotatable bonds is 5. The van der Waals surface area contributed by atoms with E-state index in [1.54, 1.807) is 6.92 Å². The minimum atomic E-state index is -0.430. The van der Waals surface area contributed by atoms with Crippen LogP contribution >= 0.6 is 0 Å². The zero-order chi connectivity index (χ0) is 13.7. The summed E-state index contributed by atoms with van der Waals surface area (Å²) in [6.07, 6.45) is 5.61. The van der Waals surface area contributed by atoms with Gasteiger partial charge in [-0.2, -0.15) is 4.98 Å². The summed E-state index contributed by atoms with van der Waals surface area (Å²) in [5, 5.41) is 10.1. The summed E-state index contributed by atoms with van der Waals surface area (Å²) in [4.78, 5) is 16.3. The molecule has 1 heterocycles. The molecular formula is C13H22N4O2. The van der Waals surface area contributed by atoms with Gasteiger partial charge >= 0.3 is 0 Å². The van der Waals surface area contributed by atoms with Gasteiger partial charge in [0.25, 0.3) is 0 Å². The molecular weight excluding hydrogens is 244 g/mol. The molecule has 1 aromatic rings. The van der Waals surface area contributed by atoms with E-state index in [1.807, 2.05) is 7.05 Å². The monoisotopic (exact) mass is 266 g/mol. The highest BCUT2D eigenvalue weighted by molar-refractivity contribution is 5.77. The molecule has 0 aliphatic heterocycles. The summed E-state index contributed by atoms with van der Waals surface area (Å²) in [7, 11) is 1.84. The van der Waals surface area contributed by atoms with Crippen molar-refractivity contribution in [3.05, 3.63) is 11.7 Å². The number of carbonyl (C=O) groups is 1. The van der Waals surface area contributed by atoms with E-state index >= 15 is 0 Å². The smallest absolute Gasteiger partial charge is 0.223 e. The Bertz CT molecular complexity index is 424. The van der Waals surface area contributed by atoms with Crippen LogP contribution in [0, 0.1) is 6.92 Å². The Morgan fingerprint density at radius 1 is 1.37 bits per heavy atom. The first-order chi connectivity index (χ1) is 9.16. The van der Waals surface area contributed by atoms with E-state index in [-0.39, 0.29) is 5.91 Å². The third-order valence-corrected chi connectivity index (χ3v) is 3.64. The summed E-state index contributed by atoms with van der Waals surface area (Å²) in [5.74, 6) is 1.21. The molecule has 2 rings (SSSR count). The minimum absolute atomic E-state index is 0.0405. The molecule has 2 N–H and O–H groups in total. The van der Waals surface area contributed by atoms with E-state index in [9.17, 15) is 4.79 Å². The van der Waals surface area contributed by atoms with Crippen molar-refractivity contribution in [2.45, 2.75) is 51.0 Å². The fraction of sp³-hybridized carbons (Fsp3) is 0.769. The number of hydrogen-bond donors (Lipinski definition) is 2. The average molecular weight is 266 g/mol. The lowest BCUT2D eigenvalue weighted by atomic mass is 9.81. The largest absolute Gasteiger partial charge is 0.343 e. The molecule has 0 atom stereocenters. The zero-order valence-electron chi connectivity index (χ0n) is 11.7. The molecule has 0 spiro atoms. The Morgan fingerprint density at radius 2 is 2.11 bits per heavy atom. The molecule has 0 unspecified atom stereocenters. The van der Waals surface area contributed by atoms with Gasteiger partial charge in [-0.25, -0.2) is 0 Å². The van der Waals surface area contributed by atoms with Gasteiger partial charge in [-0.05, 0) is 19.9 Å². The maximum absolute atomic E-state index is 12.0. The maximum Gasteiger partial charge on any atom is 0.223 e. The van der Waals surface area contributed by atoms with Crippen molar-refractivity contribution in [1.82, 2.24) is 20.8 Å². The van der Waals surface area contributed by atoms with Gasteiger partial charge < -0.3 is 15.2 Å². The van der Waals surface area contributed by atoms with Crippen molar-refractivity contribution in [3.8, 4) is 0 Å². The van der Waals surface area contributed by atoms with Crippen LogP contribution in [-0.4, -0.2) is 29.6 Å². The first-order valence-corrected chi connectivity index (χ1v) is 6.93. The van der Waals surface area contributed by atoms with Crippen LogP contribution in [0.15, 0.2) is 4.52 Å². The molecule has 0 saturated heterocycles. The third kappa shape index (κ3) is 3.32. The van der Waals surface area contributed by atoms with E-state index in [0.717, 1.165) is 25.7 Å². The lowest BCUT2D eigenvalue weighted by Crippen LogP contribution is -2.48. The van der Waals surface area contributed by atoms with Gasteiger partial charge in [0.2, 0.25) is 11.8 Å². The number of amides is 1. The summed E-state index contributed by atoms with van der Waals surface area (Å²) in [6, 6.07) is 0. The van der Waals surface area contributed by atoms with Crippen molar-refractivity contribution in [1.29, 1.82) is 0 Å². The molecule has 106 valence electrons. The van der Waals surface area contributed by atoms with Gasteiger partial charge in [0, 0.05) is 19.9 Å². The van der Waals surface area contributed by atoms with Gasteiger partial charge in [0.05, 0.1) is 0 Å². The van der Waals surface area contributed by atoms with Crippen molar-refractivity contribution in [2.24, 2.45) is 0 Å². The number of aromatic nitrogens is 2. The standard InChI is InChI=1S/C13H22N4O2/c1-10-15-12(17-19-10)13(7-4-3-5-8-13)16-11(18)6-9-14-2/h14H,3-9H2,1-2H3,(H,16,18). The van der Waals surface area contributed by atoms with Crippen molar-refractivity contribution < 1.29 is 9.32 Å². The van der Waals surface area contributed by atoms with Gasteiger partial charge in [0.15, 0.2) is 5.82 Å². The fourth-order valence-electron chi connectivity index (χ4n) is 2.62. The predicted octanol–water partition coefficient (Wildman–Crippen LogP) is 1.26. The summed E-state index contributed by atoms with van der Waals surface area (Å²) < 4.78 is 5.08. The van der Waals surface area contributed by atoms with Gasteiger partial charge in [-0.15, -0.1) is 0 Å². The highest BCUT2D eigenvalue weighted by atomic mass is 16.5. The number of nitrogens with one attached hydrogen (secondary N) is 2. The number of hydrogen-bond acceptors (Lipinski definition) is 5. The molecule has 1 saturated carbocycles.